The van der Waals surface area contributed by atoms with Crippen molar-refractivity contribution in [2.75, 3.05) is 13.2 Å². The second kappa shape index (κ2) is 6.27. The van der Waals surface area contributed by atoms with Crippen LogP contribution in [-0.4, -0.2) is 50.8 Å². The Morgan fingerprint density at radius 2 is 2.21 bits per heavy atom. The molecule has 8 heteroatoms. The molecular weight excluding hydrogens is 310 g/mol. The summed E-state index contributed by atoms with van der Waals surface area (Å²) in [5, 5.41) is 11.3. The Bertz CT molecular complexity index is 721. The van der Waals surface area contributed by atoms with E-state index in [9.17, 15) is 4.79 Å². The highest BCUT2D eigenvalue weighted by molar-refractivity contribution is 5.93. The Morgan fingerprint density at radius 1 is 1.33 bits per heavy atom. The molecule has 128 valence electrons. The number of nitrogens with zero attached hydrogens (tertiary/aromatic N) is 4. The first kappa shape index (κ1) is 15.2. The Kier molecular flexibility index (Phi) is 3.97. The minimum absolute atomic E-state index is 0.146. The van der Waals surface area contributed by atoms with Gasteiger partial charge in [-0.3, -0.25) is 14.2 Å². The van der Waals surface area contributed by atoms with Gasteiger partial charge >= 0.3 is 0 Å². The van der Waals surface area contributed by atoms with E-state index in [1.54, 1.807) is 29.5 Å². The third kappa shape index (κ3) is 3.43. The third-order valence-corrected chi connectivity index (χ3v) is 4.35. The van der Waals surface area contributed by atoms with Gasteiger partial charge in [0.05, 0.1) is 43.4 Å². The molecule has 2 aromatic heterocycles. The predicted octanol–water partition coefficient (Wildman–Crippen LogP) is 0.603. The molecule has 1 amide bonds. The van der Waals surface area contributed by atoms with Crippen LogP contribution >= 0.6 is 0 Å². The molecule has 2 fully saturated rings. The molecule has 0 unspecified atom stereocenters. The fraction of sp³-hybridized carbons (Fsp3) is 0.562. The largest absolute Gasteiger partial charge is 0.482 e. The number of amides is 1. The molecular formula is C16H21N5O3. The average molecular weight is 331 g/mol. The molecule has 8 nitrogen and oxygen atoms in total. The third-order valence-electron chi connectivity index (χ3n) is 4.35. The minimum Gasteiger partial charge on any atom is -0.482 e. The monoisotopic (exact) mass is 331 g/mol. The molecule has 0 bridgehead atoms. The topological polar surface area (TPSA) is 83.2 Å². The Balaban J connectivity index is 1.35. The average Bonchev–Trinajstić information content (AvgIpc) is 2.93. The van der Waals surface area contributed by atoms with E-state index < -0.39 is 0 Å². The van der Waals surface area contributed by atoms with Crippen LogP contribution in [-0.2, 0) is 18.3 Å². The smallest absolute Gasteiger partial charge is 0.254 e. The van der Waals surface area contributed by atoms with E-state index in [4.69, 9.17) is 9.47 Å². The van der Waals surface area contributed by atoms with E-state index in [1.165, 1.54) is 12.8 Å². The van der Waals surface area contributed by atoms with Crippen LogP contribution in [0, 0.1) is 5.92 Å². The Morgan fingerprint density at radius 3 is 2.96 bits per heavy atom. The van der Waals surface area contributed by atoms with Crippen LogP contribution in [0.2, 0.25) is 0 Å². The van der Waals surface area contributed by atoms with Gasteiger partial charge in [-0.1, -0.05) is 0 Å². The molecule has 1 N–H and O–H groups in total. The molecule has 1 saturated heterocycles. The van der Waals surface area contributed by atoms with Crippen molar-refractivity contribution < 1.29 is 14.3 Å². The zero-order chi connectivity index (χ0) is 16.5. The van der Waals surface area contributed by atoms with Crippen LogP contribution in [0.4, 0.5) is 0 Å². The van der Waals surface area contributed by atoms with Crippen molar-refractivity contribution >= 4 is 5.91 Å². The van der Waals surface area contributed by atoms with Crippen molar-refractivity contribution in [2.24, 2.45) is 13.0 Å². The Labute approximate surface area is 139 Å². The lowest BCUT2D eigenvalue weighted by Crippen LogP contribution is -2.45. The molecule has 2 aromatic rings. The van der Waals surface area contributed by atoms with Gasteiger partial charge in [0.2, 0.25) is 0 Å². The minimum atomic E-state index is -0.223. The summed E-state index contributed by atoms with van der Waals surface area (Å²) in [7, 11) is 1.83. The zero-order valence-electron chi connectivity index (χ0n) is 13.6. The van der Waals surface area contributed by atoms with Gasteiger partial charge in [-0.25, -0.2) is 0 Å². The highest BCUT2D eigenvalue weighted by Gasteiger charge is 2.32. The number of aryl methyl sites for hydroxylation is 1. The zero-order valence-corrected chi connectivity index (χ0v) is 13.6. The van der Waals surface area contributed by atoms with Crippen molar-refractivity contribution in [1.29, 1.82) is 0 Å². The SMILES string of the molecule is Cn1cc(O[C@@H]2COC[C@@H]2NC(=O)c2cnn(CC3CC3)c2)cn1. The van der Waals surface area contributed by atoms with E-state index in [0.717, 1.165) is 12.5 Å². The van der Waals surface area contributed by atoms with Crippen molar-refractivity contribution in [2.45, 2.75) is 31.5 Å². The van der Waals surface area contributed by atoms with Crippen LogP contribution in [0.1, 0.15) is 23.2 Å². The van der Waals surface area contributed by atoms with Gasteiger partial charge in [-0.15, -0.1) is 0 Å². The van der Waals surface area contributed by atoms with Gasteiger partial charge in [0.15, 0.2) is 5.75 Å². The van der Waals surface area contributed by atoms with E-state index in [1.807, 2.05) is 11.7 Å². The van der Waals surface area contributed by atoms with Crippen molar-refractivity contribution in [3.05, 3.63) is 30.4 Å². The first-order chi connectivity index (χ1) is 11.7. The van der Waals surface area contributed by atoms with Crippen LogP contribution in [0.25, 0.3) is 0 Å². The quantitative estimate of drug-likeness (QED) is 0.838. The predicted molar refractivity (Wildman–Crippen MR) is 84.6 cm³/mol. The lowest BCUT2D eigenvalue weighted by Gasteiger charge is -2.19. The summed E-state index contributed by atoms with van der Waals surface area (Å²) in [5.41, 5.74) is 0.572. The fourth-order valence-corrected chi connectivity index (χ4v) is 2.82. The number of rotatable bonds is 6. The number of nitrogens with one attached hydrogen (secondary N) is 1. The number of hydrogen-bond donors (Lipinski definition) is 1. The summed E-state index contributed by atoms with van der Waals surface area (Å²) in [6, 6.07) is -0.190. The maximum atomic E-state index is 12.4. The molecule has 0 radical (unpaired) electrons. The van der Waals surface area contributed by atoms with Crippen LogP contribution < -0.4 is 10.1 Å². The second-order valence-corrected chi connectivity index (χ2v) is 6.52. The molecule has 4 rings (SSSR count). The van der Waals surface area contributed by atoms with Crippen molar-refractivity contribution in [3.63, 3.8) is 0 Å². The van der Waals surface area contributed by atoms with E-state index in [0.29, 0.717) is 24.5 Å². The fourth-order valence-electron chi connectivity index (χ4n) is 2.82. The summed E-state index contributed by atoms with van der Waals surface area (Å²) >= 11 is 0. The highest BCUT2D eigenvalue weighted by atomic mass is 16.5. The maximum absolute atomic E-state index is 12.4. The van der Waals surface area contributed by atoms with Gasteiger partial charge in [0.1, 0.15) is 6.10 Å². The summed E-state index contributed by atoms with van der Waals surface area (Å²) in [4.78, 5) is 12.4. The first-order valence-corrected chi connectivity index (χ1v) is 8.24. The molecule has 2 aliphatic rings. The summed E-state index contributed by atoms with van der Waals surface area (Å²) in [6.07, 6.45) is 9.16. The number of aromatic nitrogens is 4. The van der Waals surface area contributed by atoms with Gasteiger partial charge in [-0.05, 0) is 18.8 Å². The number of hydrogen-bond acceptors (Lipinski definition) is 5. The first-order valence-electron chi connectivity index (χ1n) is 8.24. The molecule has 24 heavy (non-hydrogen) atoms. The molecule has 1 aliphatic carbocycles. The second-order valence-electron chi connectivity index (χ2n) is 6.52. The number of carbonyl (C=O) groups excluding carboxylic acids is 1. The molecule has 1 aliphatic heterocycles. The molecule has 0 aromatic carbocycles. The van der Waals surface area contributed by atoms with Gasteiger partial charge in [-0.2, -0.15) is 10.2 Å². The summed E-state index contributed by atoms with van der Waals surface area (Å²) in [5.74, 6) is 1.25. The Hall–Kier alpha value is -2.35. The van der Waals surface area contributed by atoms with Crippen molar-refractivity contribution in [3.8, 4) is 5.75 Å². The summed E-state index contributed by atoms with van der Waals surface area (Å²) in [6.45, 7) is 1.78. The van der Waals surface area contributed by atoms with Crippen LogP contribution in [0.5, 0.6) is 5.75 Å². The van der Waals surface area contributed by atoms with E-state index >= 15 is 0 Å². The van der Waals surface area contributed by atoms with Gasteiger partial charge < -0.3 is 14.8 Å². The summed E-state index contributed by atoms with van der Waals surface area (Å²) < 4.78 is 14.9. The molecule has 3 heterocycles. The molecule has 2 atom stereocenters. The van der Waals surface area contributed by atoms with Crippen LogP contribution in [0.15, 0.2) is 24.8 Å². The lowest BCUT2D eigenvalue weighted by atomic mass is 10.2. The molecule has 0 spiro atoms. The van der Waals surface area contributed by atoms with E-state index in [2.05, 4.69) is 15.5 Å². The normalized spacial score (nSPS) is 23.4. The highest BCUT2D eigenvalue weighted by Crippen LogP contribution is 2.30. The van der Waals surface area contributed by atoms with Gasteiger partial charge in [0, 0.05) is 19.8 Å². The lowest BCUT2D eigenvalue weighted by molar-refractivity contribution is 0.0904. The molecule has 1 saturated carbocycles. The van der Waals surface area contributed by atoms with E-state index in [-0.39, 0.29) is 18.1 Å². The van der Waals surface area contributed by atoms with Gasteiger partial charge in [0.25, 0.3) is 5.91 Å². The number of carbonyl (C=O) groups is 1. The standard InChI is InChI=1S/C16H21N5O3/c1-20-8-13(5-17-20)24-15-10-23-9-14(15)19-16(22)12-4-18-21(7-12)6-11-2-3-11/h4-5,7-8,11,14-15H,2-3,6,9-10H2,1H3,(H,19,22)/t14-,15+/m0/s1. The number of ether oxygens (including phenoxy) is 2. The van der Waals surface area contributed by atoms with Crippen LogP contribution in [0.3, 0.4) is 0 Å². The van der Waals surface area contributed by atoms with Crippen molar-refractivity contribution in [1.82, 2.24) is 24.9 Å². The maximum Gasteiger partial charge on any atom is 0.254 e.